The molecule has 2 rings (SSSR count). The summed E-state index contributed by atoms with van der Waals surface area (Å²) in [4.78, 5) is 10.3. The molecule has 0 unspecified atom stereocenters. The zero-order chi connectivity index (χ0) is 15.4. The highest BCUT2D eigenvalue weighted by molar-refractivity contribution is 5.68. The Hall–Kier alpha value is -2.21. The molecule has 0 radical (unpaired) electrons. The van der Waals surface area contributed by atoms with Gasteiger partial charge in [-0.15, -0.1) is 0 Å². The molecule has 6 heteroatoms. The van der Waals surface area contributed by atoms with Crippen molar-refractivity contribution in [2.45, 2.75) is 26.7 Å². The minimum Gasteiger partial charge on any atom is -0.324 e. The molecule has 21 heavy (non-hydrogen) atoms. The van der Waals surface area contributed by atoms with Crippen molar-refractivity contribution in [1.82, 2.24) is 9.97 Å². The number of aromatic nitrogens is 2. The fraction of sp³-hybridized carbons (Fsp3) is 0.333. The van der Waals surface area contributed by atoms with Crippen LogP contribution in [-0.4, -0.2) is 16.5 Å². The molecule has 0 bridgehead atoms. The van der Waals surface area contributed by atoms with Crippen LogP contribution in [0.25, 0.3) is 0 Å². The van der Waals surface area contributed by atoms with E-state index in [0.717, 1.165) is 5.56 Å². The first-order valence-corrected chi connectivity index (χ1v) is 6.93. The zero-order valence-electron chi connectivity index (χ0n) is 12.5. The SMILES string of the molecule is CCN(c1ccccc1F)c1ncnc(NN)c1C(C)C. The lowest BCUT2D eigenvalue weighted by atomic mass is 10.0. The van der Waals surface area contributed by atoms with Gasteiger partial charge in [-0.1, -0.05) is 26.0 Å². The molecule has 0 amide bonds. The smallest absolute Gasteiger partial charge is 0.148 e. The summed E-state index contributed by atoms with van der Waals surface area (Å²) in [5, 5.41) is 0. The molecule has 0 saturated heterocycles. The van der Waals surface area contributed by atoms with E-state index < -0.39 is 0 Å². The predicted molar refractivity (Wildman–Crippen MR) is 83.0 cm³/mol. The number of nitrogens with one attached hydrogen (secondary N) is 1. The number of nitrogen functional groups attached to an aromatic ring is 1. The number of hydrazine groups is 1. The average molecular weight is 289 g/mol. The van der Waals surface area contributed by atoms with Gasteiger partial charge in [-0.3, -0.25) is 0 Å². The highest BCUT2D eigenvalue weighted by Gasteiger charge is 2.21. The number of hydrogen-bond acceptors (Lipinski definition) is 5. The van der Waals surface area contributed by atoms with Gasteiger partial charge in [-0.25, -0.2) is 20.2 Å². The fourth-order valence-corrected chi connectivity index (χ4v) is 2.35. The Bertz CT molecular complexity index is 615. The second-order valence-electron chi connectivity index (χ2n) is 4.95. The van der Waals surface area contributed by atoms with Crippen molar-refractivity contribution in [2.24, 2.45) is 5.84 Å². The normalized spacial score (nSPS) is 10.8. The lowest BCUT2D eigenvalue weighted by molar-refractivity contribution is 0.624. The van der Waals surface area contributed by atoms with Crippen molar-refractivity contribution in [3.05, 3.63) is 42.0 Å². The minimum absolute atomic E-state index is 0.146. The van der Waals surface area contributed by atoms with Gasteiger partial charge in [-0.05, 0) is 25.0 Å². The van der Waals surface area contributed by atoms with E-state index in [2.05, 4.69) is 15.4 Å². The Kier molecular flexibility index (Phi) is 4.70. The van der Waals surface area contributed by atoms with Crippen LogP contribution in [0, 0.1) is 5.82 Å². The molecule has 1 aromatic carbocycles. The maximum Gasteiger partial charge on any atom is 0.148 e. The molecule has 5 nitrogen and oxygen atoms in total. The van der Waals surface area contributed by atoms with E-state index in [4.69, 9.17) is 5.84 Å². The maximum absolute atomic E-state index is 14.1. The van der Waals surface area contributed by atoms with Crippen LogP contribution in [0.5, 0.6) is 0 Å². The van der Waals surface area contributed by atoms with Gasteiger partial charge in [-0.2, -0.15) is 0 Å². The lowest BCUT2D eigenvalue weighted by Crippen LogP contribution is -2.23. The fourth-order valence-electron chi connectivity index (χ4n) is 2.35. The third kappa shape index (κ3) is 2.95. The molecule has 2 aromatic rings. The molecule has 1 heterocycles. The molecule has 0 spiro atoms. The molecular formula is C15H20FN5. The van der Waals surface area contributed by atoms with Gasteiger partial charge in [0.2, 0.25) is 0 Å². The van der Waals surface area contributed by atoms with Crippen LogP contribution in [0.3, 0.4) is 0 Å². The number of para-hydroxylation sites is 1. The number of hydrogen-bond donors (Lipinski definition) is 2. The van der Waals surface area contributed by atoms with Crippen LogP contribution in [0.15, 0.2) is 30.6 Å². The summed E-state index contributed by atoms with van der Waals surface area (Å²) in [5.74, 6) is 6.63. The van der Waals surface area contributed by atoms with Crippen molar-refractivity contribution < 1.29 is 4.39 Å². The monoisotopic (exact) mass is 289 g/mol. The van der Waals surface area contributed by atoms with Crippen molar-refractivity contribution in [3.63, 3.8) is 0 Å². The summed E-state index contributed by atoms with van der Waals surface area (Å²) >= 11 is 0. The van der Waals surface area contributed by atoms with Gasteiger partial charge >= 0.3 is 0 Å². The molecule has 0 aliphatic carbocycles. The zero-order valence-corrected chi connectivity index (χ0v) is 12.5. The quantitative estimate of drug-likeness (QED) is 0.653. The Morgan fingerprint density at radius 2 is 2.00 bits per heavy atom. The van der Waals surface area contributed by atoms with Crippen LogP contribution in [0.1, 0.15) is 32.3 Å². The van der Waals surface area contributed by atoms with E-state index in [-0.39, 0.29) is 11.7 Å². The summed E-state index contributed by atoms with van der Waals surface area (Å²) < 4.78 is 14.1. The van der Waals surface area contributed by atoms with Crippen LogP contribution in [0.2, 0.25) is 0 Å². The standard InChI is InChI=1S/C15H20FN5/c1-4-21(12-8-6-5-7-11(12)16)15-13(10(2)3)14(20-17)18-9-19-15/h5-10H,4,17H2,1-3H3,(H,18,19,20). The van der Waals surface area contributed by atoms with Gasteiger partial charge in [0, 0.05) is 12.1 Å². The Morgan fingerprint density at radius 3 is 2.57 bits per heavy atom. The van der Waals surface area contributed by atoms with Gasteiger partial charge in [0.1, 0.15) is 23.8 Å². The van der Waals surface area contributed by atoms with E-state index in [0.29, 0.717) is 23.9 Å². The molecule has 1 aromatic heterocycles. The van der Waals surface area contributed by atoms with Gasteiger partial charge in [0.25, 0.3) is 0 Å². The molecular weight excluding hydrogens is 269 g/mol. The van der Waals surface area contributed by atoms with Crippen LogP contribution in [-0.2, 0) is 0 Å². The first kappa shape index (κ1) is 15.2. The number of rotatable bonds is 5. The molecule has 0 aliphatic heterocycles. The third-order valence-electron chi connectivity index (χ3n) is 3.29. The summed E-state index contributed by atoms with van der Waals surface area (Å²) in [6, 6.07) is 6.65. The van der Waals surface area contributed by atoms with Crippen molar-refractivity contribution in [1.29, 1.82) is 0 Å². The number of halogens is 1. The number of benzene rings is 1. The van der Waals surface area contributed by atoms with Crippen LogP contribution in [0.4, 0.5) is 21.7 Å². The Balaban J connectivity index is 2.61. The summed E-state index contributed by atoms with van der Waals surface area (Å²) in [7, 11) is 0. The lowest BCUT2D eigenvalue weighted by Gasteiger charge is -2.26. The summed E-state index contributed by atoms with van der Waals surface area (Å²) in [6.45, 7) is 6.59. The van der Waals surface area contributed by atoms with Crippen molar-refractivity contribution in [2.75, 3.05) is 16.9 Å². The van der Waals surface area contributed by atoms with E-state index in [1.165, 1.54) is 12.4 Å². The molecule has 112 valence electrons. The Labute approximate surface area is 124 Å². The summed E-state index contributed by atoms with van der Waals surface area (Å²) in [6.07, 6.45) is 1.43. The molecule has 0 fully saturated rings. The second-order valence-corrected chi connectivity index (χ2v) is 4.95. The number of nitrogens with two attached hydrogens (primary N) is 1. The van der Waals surface area contributed by atoms with E-state index in [9.17, 15) is 4.39 Å². The van der Waals surface area contributed by atoms with Gasteiger partial charge in [0.05, 0.1) is 5.69 Å². The molecule has 3 N–H and O–H groups in total. The van der Waals surface area contributed by atoms with Crippen molar-refractivity contribution in [3.8, 4) is 0 Å². The largest absolute Gasteiger partial charge is 0.324 e. The minimum atomic E-state index is -0.282. The van der Waals surface area contributed by atoms with Crippen LogP contribution < -0.4 is 16.2 Å². The second kappa shape index (κ2) is 6.49. The number of nitrogens with zero attached hydrogens (tertiary/aromatic N) is 3. The first-order chi connectivity index (χ1) is 10.1. The molecule has 0 atom stereocenters. The third-order valence-corrected chi connectivity index (χ3v) is 3.29. The number of anilines is 3. The topological polar surface area (TPSA) is 67.1 Å². The van der Waals surface area contributed by atoms with Crippen LogP contribution >= 0.6 is 0 Å². The molecule has 0 saturated carbocycles. The Morgan fingerprint density at radius 1 is 1.29 bits per heavy atom. The van der Waals surface area contributed by atoms with E-state index >= 15 is 0 Å². The molecule has 0 aliphatic rings. The van der Waals surface area contributed by atoms with E-state index in [1.54, 1.807) is 18.2 Å². The first-order valence-electron chi connectivity index (χ1n) is 6.93. The van der Waals surface area contributed by atoms with Gasteiger partial charge < -0.3 is 10.3 Å². The maximum atomic E-state index is 14.1. The summed E-state index contributed by atoms with van der Waals surface area (Å²) in [5.41, 5.74) is 3.95. The highest BCUT2D eigenvalue weighted by atomic mass is 19.1. The predicted octanol–water partition coefficient (Wildman–Crippen LogP) is 3.18. The van der Waals surface area contributed by atoms with E-state index in [1.807, 2.05) is 25.7 Å². The highest BCUT2D eigenvalue weighted by Crippen LogP contribution is 2.35. The van der Waals surface area contributed by atoms with Crippen molar-refractivity contribution >= 4 is 17.3 Å². The average Bonchev–Trinajstić information content (AvgIpc) is 2.49. The van der Waals surface area contributed by atoms with Gasteiger partial charge in [0.15, 0.2) is 0 Å².